The molecule has 20 heavy (non-hydrogen) atoms. The molecule has 0 radical (unpaired) electrons. The fraction of sp³-hybridized carbons (Fsp3) is 0.429. The molecule has 6 nitrogen and oxygen atoms in total. The number of carbonyl (C=O) groups excluding carboxylic acids is 1. The van der Waals surface area contributed by atoms with Gasteiger partial charge in [0.2, 0.25) is 0 Å². The number of carboxylic acid groups (broad SMARTS) is 1. The number of benzene rings is 1. The second-order valence-corrected chi connectivity index (χ2v) is 5.36. The molecular formula is C14H19N3O3. The van der Waals surface area contributed by atoms with E-state index in [-0.39, 0.29) is 0 Å². The third-order valence-corrected chi connectivity index (χ3v) is 3.46. The molecular weight excluding hydrogens is 258 g/mol. The Morgan fingerprint density at radius 2 is 1.95 bits per heavy atom. The third kappa shape index (κ3) is 2.84. The summed E-state index contributed by atoms with van der Waals surface area (Å²) in [7, 11) is 3.85. The molecule has 0 unspecified atom stereocenters. The summed E-state index contributed by atoms with van der Waals surface area (Å²) in [5.74, 6) is -0.981. The number of rotatable bonds is 4. The monoisotopic (exact) mass is 277 g/mol. The van der Waals surface area contributed by atoms with Gasteiger partial charge in [-0.05, 0) is 37.5 Å². The Labute approximate surface area is 117 Å². The molecule has 1 aromatic carbocycles. The lowest BCUT2D eigenvalue weighted by molar-refractivity contribution is -0.140. The molecule has 1 saturated carbocycles. The second-order valence-electron chi connectivity index (χ2n) is 5.36. The minimum absolute atomic E-state index is 0.479. The molecule has 108 valence electrons. The highest BCUT2D eigenvalue weighted by molar-refractivity contribution is 5.95. The summed E-state index contributed by atoms with van der Waals surface area (Å²) in [6.45, 7) is 1.99. The minimum atomic E-state index is -1.07. The zero-order chi connectivity index (χ0) is 14.9. The normalized spacial score (nSPS) is 15.3. The molecule has 1 aliphatic rings. The van der Waals surface area contributed by atoms with E-state index in [9.17, 15) is 9.59 Å². The van der Waals surface area contributed by atoms with Gasteiger partial charge in [-0.2, -0.15) is 0 Å². The average Bonchev–Trinajstić information content (AvgIpc) is 3.12. The smallest absolute Gasteiger partial charge is 0.329 e. The standard InChI is InChI=1S/C14H19N3O3/c1-9-4-5-10(8-11(9)17(2)3)15-13(20)16-14(6-7-14)12(18)19/h4-5,8H,6-7H2,1-3H3,(H,18,19)(H2,15,16,20). The van der Waals surface area contributed by atoms with Gasteiger partial charge in [-0.1, -0.05) is 6.07 Å². The summed E-state index contributed by atoms with van der Waals surface area (Å²) in [4.78, 5) is 24.8. The highest BCUT2D eigenvalue weighted by Crippen LogP contribution is 2.35. The first-order chi connectivity index (χ1) is 9.34. The molecule has 0 saturated heterocycles. The van der Waals surface area contributed by atoms with E-state index in [1.165, 1.54) is 0 Å². The van der Waals surface area contributed by atoms with Crippen molar-refractivity contribution < 1.29 is 14.7 Å². The van der Waals surface area contributed by atoms with Gasteiger partial charge in [-0.3, -0.25) is 0 Å². The maximum Gasteiger partial charge on any atom is 0.329 e. The number of carboxylic acids is 1. The van der Waals surface area contributed by atoms with E-state index in [0.29, 0.717) is 18.5 Å². The predicted molar refractivity (Wildman–Crippen MR) is 77.3 cm³/mol. The zero-order valence-corrected chi connectivity index (χ0v) is 11.9. The van der Waals surface area contributed by atoms with Crippen molar-refractivity contribution in [3.63, 3.8) is 0 Å². The van der Waals surface area contributed by atoms with Crippen molar-refractivity contribution in [1.29, 1.82) is 0 Å². The molecule has 2 rings (SSSR count). The van der Waals surface area contributed by atoms with Crippen LogP contribution in [0.4, 0.5) is 16.2 Å². The number of anilines is 2. The molecule has 0 aromatic heterocycles. The van der Waals surface area contributed by atoms with E-state index >= 15 is 0 Å². The average molecular weight is 277 g/mol. The van der Waals surface area contributed by atoms with E-state index in [1.54, 1.807) is 6.07 Å². The van der Waals surface area contributed by atoms with Crippen LogP contribution in [-0.4, -0.2) is 36.7 Å². The molecule has 1 aliphatic carbocycles. The van der Waals surface area contributed by atoms with Gasteiger partial charge in [-0.15, -0.1) is 0 Å². The van der Waals surface area contributed by atoms with E-state index in [0.717, 1.165) is 11.3 Å². The van der Waals surface area contributed by atoms with Crippen molar-refractivity contribution in [3.05, 3.63) is 23.8 Å². The lowest BCUT2D eigenvalue weighted by atomic mass is 10.1. The quantitative estimate of drug-likeness (QED) is 0.784. The second kappa shape index (κ2) is 5.03. The molecule has 0 spiro atoms. The number of aryl methyl sites for hydroxylation is 1. The number of urea groups is 1. The number of nitrogens with one attached hydrogen (secondary N) is 2. The Balaban J connectivity index is 2.05. The molecule has 0 aliphatic heterocycles. The van der Waals surface area contributed by atoms with Gasteiger partial charge in [0.05, 0.1) is 0 Å². The van der Waals surface area contributed by atoms with Crippen molar-refractivity contribution in [3.8, 4) is 0 Å². The van der Waals surface area contributed by atoms with Gasteiger partial charge in [0.1, 0.15) is 5.54 Å². The van der Waals surface area contributed by atoms with Gasteiger partial charge in [0.15, 0.2) is 0 Å². The van der Waals surface area contributed by atoms with Gasteiger partial charge in [-0.25, -0.2) is 9.59 Å². The fourth-order valence-corrected chi connectivity index (χ4v) is 2.07. The van der Waals surface area contributed by atoms with Gasteiger partial charge in [0.25, 0.3) is 0 Å². The zero-order valence-electron chi connectivity index (χ0n) is 11.9. The third-order valence-electron chi connectivity index (χ3n) is 3.46. The Hall–Kier alpha value is -2.24. The summed E-state index contributed by atoms with van der Waals surface area (Å²) < 4.78 is 0. The molecule has 0 atom stereocenters. The van der Waals surface area contributed by atoms with Crippen molar-refractivity contribution >= 4 is 23.4 Å². The van der Waals surface area contributed by atoms with E-state index in [1.807, 2.05) is 38.1 Å². The molecule has 1 aromatic rings. The van der Waals surface area contributed by atoms with Crippen molar-refractivity contribution in [2.45, 2.75) is 25.3 Å². The lowest BCUT2D eigenvalue weighted by Gasteiger charge is -2.18. The first kappa shape index (κ1) is 14.2. The number of carbonyl (C=O) groups is 2. The first-order valence-electron chi connectivity index (χ1n) is 6.45. The molecule has 3 N–H and O–H groups in total. The number of hydrogen-bond donors (Lipinski definition) is 3. The number of aliphatic carboxylic acids is 1. The van der Waals surface area contributed by atoms with Crippen molar-refractivity contribution in [1.82, 2.24) is 5.32 Å². The van der Waals surface area contributed by atoms with Crippen LogP contribution in [0.15, 0.2) is 18.2 Å². The largest absolute Gasteiger partial charge is 0.480 e. The summed E-state index contributed by atoms with van der Waals surface area (Å²) in [5.41, 5.74) is 1.67. The minimum Gasteiger partial charge on any atom is -0.480 e. The number of hydrogen-bond acceptors (Lipinski definition) is 3. The number of amides is 2. The molecule has 0 bridgehead atoms. The van der Waals surface area contributed by atoms with Gasteiger partial charge >= 0.3 is 12.0 Å². The maximum atomic E-state index is 11.8. The van der Waals surface area contributed by atoms with Crippen LogP contribution >= 0.6 is 0 Å². The number of nitrogens with zero attached hydrogens (tertiary/aromatic N) is 1. The Morgan fingerprint density at radius 1 is 1.30 bits per heavy atom. The van der Waals surface area contributed by atoms with E-state index in [4.69, 9.17) is 5.11 Å². The predicted octanol–water partition coefficient (Wildman–Crippen LogP) is 1.80. The fourth-order valence-electron chi connectivity index (χ4n) is 2.07. The van der Waals surface area contributed by atoms with Crippen molar-refractivity contribution in [2.75, 3.05) is 24.3 Å². The van der Waals surface area contributed by atoms with Crippen LogP contribution in [0.25, 0.3) is 0 Å². The Morgan fingerprint density at radius 3 is 2.45 bits per heavy atom. The highest BCUT2D eigenvalue weighted by atomic mass is 16.4. The molecule has 6 heteroatoms. The van der Waals surface area contributed by atoms with Crippen LogP contribution in [0.2, 0.25) is 0 Å². The van der Waals surface area contributed by atoms with Gasteiger partial charge in [0, 0.05) is 25.5 Å². The van der Waals surface area contributed by atoms with E-state index < -0.39 is 17.5 Å². The Bertz CT molecular complexity index is 551. The van der Waals surface area contributed by atoms with Crippen LogP contribution in [0.1, 0.15) is 18.4 Å². The summed E-state index contributed by atoms with van der Waals surface area (Å²) >= 11 is 0. The Kier molecular flexibility index (Phi) is 3.57. The highest BCUT2D eigenvalue weighted by Gasteiger charge is 2.51. The molecule has 1 fully saturated rings. The summed E-state index contributed by atoms with van der Waals surface area (Å²) in [5, 5.41) is 14.2. The van der Waals surface area contributed by atoms with Crippen LogP contribution in [0.3, 0.4) is 0 Å². The topological polar surface area (TPSA) is 81.7 Å². The first-order valence-corrected chi connectivity index (χ1v) is 6.45. The summed E-state index contributed by atoms with van der Waals surface area (Å²) in [6.07, 6.45) is 0.958. The molecule has 0 heterocycles. The van der Waals surface area contributed by atoms with E-state index in [2.05, 4.69) is 10.6 Å². The summed E-state index contributed by atoms with van der Waals surface area (Å²) in [6, 6.07) is 5.07. The molecule has 2 amide bonds. The van der Waals surface area contributed by atoms with Crippen LogP contribution in [0, 0.1) is 6.92 Å². The lowest BCUT2D eigenvalue weighted by Crippen LogP contribution is -2.45. The SMILES string of the molecule is Cc1ccc(NC(=O)NC2(C(=O)O)CC2)cc1N(C)C. The maximum absolute atomic E-state index is 11.8. The van der Waals surface area contributed by atoms with Gasteiger partial charge < -0.3 is 20.6 Å². The van der Waals surface area contributed by atoms with Crippen LogP contribution in [0.5, 0.6) is 0 Å². The van der Waals surface area contributed by atoms with Crippen LogP contribution < -0.4 is 15.5 Å². The van der Waals surface area contributed by atoms with Crippen molar-refractivity contribution in [2.24, 2.45) is 0 Å². The van der Waals surface area contributed by atoms with Crippen LogP contribution in [-0.2, 0) is 4.79 Å².